The molecule has 1 unspecified atom stereocenters. The summed E-state index contributed by atoms with van der Waals surface area (Å²) in [4.78, 5) is 11.8. The number of hydrogen-bond acceptors (Lipinski definition) is 4. The number of nitrogens with zero attached hydrogens (tertiary/aromatic N) is 3. The van der Waals surface area contributed by atoms with E-state index in [0.29, 0.717) is 5.69 Å². The Morgan fingerprint density at radius 2 is 2.19 bits per heavy atom. The van der Waals surface area contributed by atoms with Gasteiger partial charge < -0.3 is 10.4 Å². The van der Waals surface area contributed by atoms with Crippen LogP contribution < -0.4 is 5.32 Å². The van der Waals surface area contributed by atoms with Crippen molar-refractivity contribution in [3.05, 3.63) is 11.9 Å². The van der Waals surface area contributed by atoms with Crippen molar-refractivity contribution in [2.45, 2.75) is 69.5 Å². The van der Waals surface area contributed by atoms with Crippen LogP contribution in [0.15, 0.2) is 6.20 Å². The first kappa shape index (κ1) is 16.2. The van der Waals surface area contributed by atoms with E-state index < -0.39 is 11.0 Å². The summed E-state index contributed by atoms with van der Waals surface area (Å²) in [7, 11) is 0. The van der Waals surface area contributed by atoms with Crippen LogP contribution in [0.3, 0.4) is 0 Å². The minimum atomic E-state index is -1.02. The summed E-state index contributed by atoms with van der Waals surface area (Å²) >= 11 is 5.83. The summed E-state index contributed by atoms with van der Waals surface area (Å²) in [5, 5.41) is 20.6. The van der Waals surface area contributed by atoms with Gasteiger partial charge in [-0.1, -0.05) is 18.1 Å². The van der Waals surface area contributed by atoms with Crippen molar-refractivity contribution in [2.75, 3.05) is 0 Å². The van der Waals surface area contributed by atoms with Crippen LogP contribution in [0.25, 0.3) is 0 Å². The molecule has 1 aliphatic carbocycles. The van der Waals surface area contributed by atoms with Crippen molar-refractivity contribution in [1.29, 1.82) is 0 Å². The minimum Gasteiger partial charge on any atom is -0.384 e. The number of carbonyl (C=O) groups is 1. The number of halogens is 1. The molecule has 1 amide bonds. The maximum absolute atomic E-state index is 11.8. The summed E-state index contributed by atoms with van der Waals surface area (Å²) in [6.45, 7) is 5.02. The van der Waals surface area contributed by atoms with E-state index in [9.17, 15) is 9.90 Å². The van der Waals surface area contributed by atoms with Gasteiger partial charge in [-0.3, -0.25) is 4.79 Å². The maximum Gasteiger partial charge on any atom is 0.238 e. The van der Waals surface area contributed by atoms with Crippen molar-refractivity contribution >= 4 is 17.5 Å². The van der Waals surface area contributed by atoms with E-state index in [1.165, 1.54) is 0 Å². The minimum absolute atomic E-state index is 0.00352. The van der Waals surface area contributed by atoms with Gasteiger partial charge in [-0.15, -0.1) is 16.7 Å². The molecule has 1 aromatic heterocycles. The number of nitrogens with one attached hydrogen (secondary N) is 1. The zero-order valence-corrected chi connectivity index (χ0v) is 13.5. The SMILES string of the molecule is CC(Cl)C(=O)N[C@H]1CCCC[C@H]1n1cc(C(C)(C)O)nn1. The predicted octanol–water partition coefficient (Wildman–Crippen LogP) is 1.73. The third kappa shape index (κ3) is 3.95. The molecule has 2 rings (SSSR count). The normalized spacial score (nSPS) is 24.6. The average molecular weight is 315 g/mol. The van der Waals surface area contributed by atoms with Gasteiger partial charge in [-0.05, 0) is 33.6 Å². The molecule has 2 N–H and O–H groups in total. The molecule has 1 aromatic rings. The van der Waals surface area contributed by atoms with E-state index in [-0.39, 0.29) is 18.0 Å². The third-order valence-corrected chi connectivity index (χ3v) is 4.09. The monoisotopic (exact) mass is 314 g/mol. The van der Waals surface area contributed by atoms with Gasteiger partial charge >= 0.3 is 0 Å². The number of amides is 1. The van der Waals surface area contributed by atoms with Crippen molar-refractivity contribution in [1.82, 2.24) is 20.3 Å². The highest BCUT2D eigenvalue weighted by Gasteiger charge is 2.31. The smallest absolute Gasteiger partial charge is 0.238 e. The summed E-state index contributed by atoms with van der Waals surface area (Å²) < 4.78 is 1.76. The molecule has 0 saturated heterocycles. The topological polar surface area (TPSA) is 80.0 Å². The van der Waals surface area contributed by atoms with Crippen LogP contribution in [-0.4, -0.2) is 37.4 Å². The second-order valence-corrected chi connectivity index (χ2v) is 6.88. The Balaban J connectivity index is 2.15. The molecule has 118 valence electrons. The second kappa shape index (κ2) is 6.32. The van der Waals surface area contributed by atoms with Gasteiger partial charge in [-0.25, -0.2) is 4.68 Å². The van der Waals surface area contributed by atoms with Crippen molar-refractivity contribution in [3.8, 4) is 0 Å². The fourth-order valence-corrected chi connectivity index (χ4v) is 2.68. The lowest BCUT2D eigenvalue weighted by atomic mass is 9.90. The van der Waals surface area contributed by atoms with Gasteiger partial charge in [0.1, 0.15) is 16.7 Å². The van der Waals surface area contributed by atoms with E-state index in [0.717, 1.165) is 25.7 Å². The molecule has 0 aromatic carbocycles. The molecular weight excluding hydrogens is 292 g/mol. The fraction of sp³-hybridized carbons (Fsp3) is 0.786. The number of aromatic nitrogens is 3. The number of aliphatic hydroxyl groups is 1. The Hall–Kier alpha value is -1.14. The van der Waals surface area contributed by atoms with Crippen molar-refractivity contribution < 1.29 is 9.90 Å². The summed E-state index contributed by atoms with van der Waals surface area (Å²) in [6, 6.07) is 0.0607. The molecule has 1 heterocycles. The Kier molecular flexibility index (Phi) is 4.88. The lowest BCUT2D eigenvalue weighted by Gasteiger charge is -2.32. The molecule has 21 heavy (non-hydrogen) atoms. The summed E-state index contributed by atoms with van der Waals surface area (Å²) in [5.74, 6) is -0.156. The highest BCUT2D eigenvalue weighted by Crippen LogP contribution is 2.29. The van der Waals surface area contributed by atoms with E-state index in [2.05, 4.69) is 15.6 Å². The van der Waals surface area contributed by atoms with E-state index in [1.54, 1.807) is 31.6 Å². The van der Waals surface area contributed by atoms with Crippen molar-refractivity contribution in [3.63, 3.8) is 0 Å². The van der Waals surface area contributed by atoms with E-state index in [1.807, 2.05) is 0 Å². The highest BCUT2D eigenvalue weighted by atomic mass is 35.5. The van der Waals surface area contributed by atoms with Gasteiger partial charge in [-0.2, -0.15) is 0 Å². The number of carbonyl (C=O) groups excluding carboxylic acids is 1. The fourth-order valence-electron chi connectivity index (χ4n) is 2.61. The standard InChI is InChI=1S/C14H23ClN4O2/c1-9(15)13(20)16-10-6-4-5-7-11(10)19-8-12(17-18-19)14(2,3)21/h8-11,21H,4-7H2,1-3H3,(H,16,20)/t9?,10-,11+/m0/s1. The van der Waals surface area contributed by atoms with Crippen LogP contribution in [0.1, 0.15) is 58.2 Å². The first-order valence-corrected chi connectivity index (χ1v) is 7.82. The van der Waals surface area contributed by atoms with Crippen molar-refractivity contribution in [2.24, 2.45) is 0 Å². The van der Waals surface area contributed by atoms with Crippen LogP contribution in [-0.2, 0) is 10.4 Å². The van der Waals surface area contributed by atoms with Gasteiger partial charge in [0.05, 0.1) is 18.3 Å². The van der Waals surface area contributed by atoms with Crippen LogP contribution in [0, 0.1) is 0 Å². The molecular formula is C14H23ClN4O2. The van der Waals surface area contributed by atoms with Gasteiger partial charge in [0, 0.05) is 0 Å². The lowest BCUT2D eigenvalue weighted by Crippen LogP contribution is -2.45. The largest absolute Gasteiger partial charge is 0.384 e. The number of rotatable bonds is 4. The summed E-state index contributed by atoms with van der Waals surface area (Å²) in [6.07, 6.45) is 5.75. The predicted molar refractivity (Wildman–Crippen MR) is 80.0 cm³/mol. The van der Waals surface area contributed by atoms with Gasteiger partial charge in [0.15, 0.2) is 0 Å². The molecule has 0 bridgehead atoms. The van der Waals surface area contributed by atoms with Gasteiger partial charge in [0.2, 0.25) is 5.91 Å². The quantitative estimate of drug-likeness (QED) is 0.830. The molecule has 1 fully saturated rings. The third-order valence-electron chi connectivity index (χ3n) is 3.90. The van der Waals surface area contributed by atoms with E-state index in [4.69, 9.17) is 11.6 Å². The molecule has 0 aliphatic heterocycles. The molecule has 1 aliphatic rings. The Labute approximate surface area is 129 Å². The lowest BCUT2D eigenvalue weighted by molar-refractivity contribution is -0.121. The molecule has 3 atom stereocenters. The highest BCUT2D eigenvalue weighted by molar-refractivity contribution is 6.30. The second-order valence-electron chi connectivity index (χ2n) is 6.23. The molecule has 0 spiro atoms. The van der Waals surface area contributed by atoms with Crippen LogP contribution in [0.5, 0.6) is 0 Å². The van der Waals surface area contributed by atoms with Crippen LogP contribution in [0.2, 0.25) is 0 Å². The van der Waals surface area contributed by atoms with Crippen LogP contribution in [0.4, 0.5) is 0 Å². The zero-order chi connectivity index (χ0) is 15.6. The maximum atomic E-state index is 11.8. The molecule has 1 saturated carbocycles. The van der Waals surface area contributed by atoms with Gasteiger partial charge in [0.25, 0.3) is 0 Å². The number of alkyl halides is 1. The van der Waals surface area contributed by atoms with E-state index >= 15 is 0 Å². The van der Waals surface area contributed by atoms with Crippen LogP contribution >= 0.6 is 11.6 Å². The molecule has 7 heteroatoms. The first-order chi connectivity index (χ1) is 9.79. The zero-order valence-electron chi connectivity index (χ0n) is 12.7. The molecule has 0 radical (unpaired) electrons. The first-order valence-electron chi connectivity index (χ1n) is 7.38. The summed E-state index contributed by atoms with van der Waals surface area (Å²) in [5.41, 5.74) is -0.486. The Morgan fingerprint density at radius 3 is 2.76 bits per heavy atom. The number of hydrogen-bond donors (Lipinski definition) is 2. The Bertz CT molecular complexity index is 495. The molecule has 6 nitrogen and oxygen atoms in total. The average Bonchev–Trinajstić information content (AvgIpc) is 2.88. The Morgan fingerprint density at radius 1 is 1.52 bits per heavy atom.